The fourth-order valence-corrected chi connectivity index (χ4v) is 3.07. The van der Waals surface area contributed by atoms with E-state index >= 15 is 0 Å². The number of rotatable bonds is 5. The molecule has 0 aliphatic rings. The minimum Gasteiger partial charge on any atom is -0.314 e. The lowest BCUT2D eigenvalue weighted by Crippen LogP contribution is -2.32. The zero-order valence-corrected chi connectivity index (χ0v) is 11.4. The third-order valence-corrected chi connectivity index (χ3v) is 4.24. The van der Waals surface area contributed by atoms with Gasteiger partial charge in [-0.3, -0.25) is 0 Å². The Kier molecular flexibility index (Phi) is 5.13. The molecule has 80 valence electrons. The molecule has 0 saturated heterocycles. The fourth-order valence-electron chi connectivity index (χ4n) is 1.48. The van der Waals surface area contributed by atoms with Gasteiger partial charge in [0.1, 0.15) is 0 Å². The molecule has 0 aliphatic heterocycles. The van der Waals surface area contributed by atoms with Crippen LogP contribution in [0.15, 0.2) is 15.9 Å². The van der Waals surface area contributed by atoms with E-state index in [0.717, 1.165) is 6.54 Å². The third-order valence-electron chi connectivity index (χ3n) is 2.52. The van der Waals surface area contributed by atoms with Crippen LogP contribution in [0.1, 0.15) is 25.6 Å². The van der Waals surface area contributed by atoms with Crippen LogP contribution in [-0.2, 0) is 6.42 Å². The molecule has 1 nitrogen and oxygen atoms in total. The monoisotopic (exact) mass is 275 g/mol. The summed E-state index contributed by atoms with van der Waals surface area (Å²) < 4.78 is 1.21. The smallest absolute Gasteiger partial charge is 0.0285 e. The second-order valence-electron chi connectivity index (χ2n) is 3.76. The molecule has 3 heteroatoms. The maximum atomic E-state index is 3.48. The largest absolute Gasteiger partial charge is 0.314 e. The topological polar surface area (TPSA) is 12.0 Å². The van der Waals surface area contributed by atoms with Gasteiger partial charge in [-0.2, -0.15) is 0 Å². The highest BCUT2D eigenvalue weighted by molar-refractivity contribution is 9.10. The number of thiophene rings is 1. The summed E-state index contributed by atoms with van der Waals surface area (Å²) in [6.07, 6.45) is 1.17. The summed E-state index contributed by atoms with van der Waals surface area (Å²) in [5, 5.41) is 5.62. The van der Waals surface area contributed by atoms with Crippen LogP contribution in [0, 0.1) is 5.92 Å². The molecule has 0 aliphatic carbocycles. The highest BCUT2D eigenvalue weighted by Crippen LogP contribution is 2.23. The normalized spacial score (nSPS) is 15.4. The van der Waals surface area contributed by atoms with Gasteiger partial charge in [-0.25, -0.2) is 0 Å². The van der Waals surface area contributed by atoms with Crippen molar-refractivity contribution in [2.75, 3.05) is 6.54 Å². The zero-order chi connectivity index (χ0) is 10.6. The molecule has 0 radical (unpaired) electrons. The maximum absolute atomic E-state index is 3.48. The standard InChI is InChI=1S/C11H18BrNS/c1-4-13-9(3)8(2)5-11-6-10(12)7-14-11/h6-9,13H,4-5H2,1-3H3. The van der Waals surface area contributed by atoms with Crippen molar-refractivity contribution in [1.82, 2.24) is 5.32 Å². The van der Waals surface area contributed by atoms with E-state index in [1.807, 2.05) is 11.3 Å². The Hall–Kier alpha value is 0.140. The molecule has 1 rings (SSSR count). The lowest BCUT2D eigenvalue weighted by Gasteiger charge is -2.19. The highest BCUT2D eigenvalue weighted by Gasteiger charge is 2.12. The molecule has 0 amide bonds. The molecule has 0 saturated carbocycles. The number of nitrogens with one attached hydrogen (secondary N) is 1. The average molecular weight is 276 g/mol. The molecule has 0 fully saturated rings. The zero-order valence-electron chi connectivity index (χ0n) is 9.01. The van der Waals surface area contributed by atoms with Crippen LogP contribution in [0.4, 0.5) is 0 Å². The van der Waals surface area contributed by atoms with E-state index in [1.54, 1.807) is 0 Å². The van der Waals surface area contributed by atoms with Gasteiger partial charge >= 0.3 is 0 Å². The van der Waals surface area contributed by atoms with Gasteiger partial charge in [0, 0.05) is 20.8 Å². The maximum Gasteiger partial charge on any atom is 0.0285 e. The first kappa shape index (κ1) is 12.2. The minimum atomic E-state index is 0.598. The molecule has 0 spiro atoms. The molecule has 1 aromatic heterocycles. The van der Waals surface area contributed by atoms with Gasteiger partial charge in [0.2, 0.25) is 0 Å². The molecule has 1 N–H and O–H groups in total. The van der Waals surface area contributed by atoms with Gasteiger partial charge in [-0.15, -0.1) is 11.3 Å². The van der Waals surface area contributed by atoms with Crippen molar-refractivity contribution in [2.24, 2.45) is 5.92 Å². The second-order valence-corrected chi connectivity index (χ2v) is 5.67. The van der Waals surface area contributed by atoms with Crippen LogP contribution in [0.2, 0.25) is 0 Å². The van der Waals surface area contributed by atoms with Crippen LogP contribution in [-0.4, -0.2) is 12.6 Å². The van der Waals surface area contributed by atoms with E-state index in [4.69, 9.17) is 0 Å². The van der Waals surface area contributed by atoms with E-state index in [0.29, 0.717) is 12.0 Å². The van der Waals surface area contributed by atoms with E-state index in [9.17, 15) is 0 Å². The van der Waals surface area contributed by atoms with Gasteiger partial charge in [-0.1, -0.05) is 13.8 Å². The summed E-state index contributed by atoms with van der Waals surface area (Å²) in [5.74, 6) is 0.695. The summed E-state index contributed by atoms with van der Waals surface area (Å²) in [7, 11) is 0. The third kappa shape index (κ3) is 3.71. The molecule has 2 unspecified atom stereocenters. The van der Waals surface area contributed by atoms with Crippen LogP contribution >= 0.6 is 27.3 Å². The first-order valence-corrected chi connectivity index (χ1v) is 6.77. The summed E-state index contributed by atoms with van der Waals surface area (Å²) in [6, 6.07) is 2.82. The number of hydrogen-bond donors (Lipinski definition) is 1. The van der Waals surface area contributed by atoms with Gasteiger partial charge in [0.25, 0.3) is 0 Å². The molecule has 1 heterocycles. The Balaban J connectivity index is 2.43. The van der Waals surface area contributed by atoms with Crippen LogP contribution < -0.4 is 5.32 Å². The lowest BCUT2D eigenvalue weighted by molar-refractivity contribution is 0.408. The van der Waals surface area contributed by atoms with E-state index in [2.05, 4.69) is 53.5 Å². The van der Waals surface area contributed by atoms with Gasteiger partial charge in [0.05, 0.1) is 0 Å². The average Bonchev–Trinajstić information content (AvgIpc) is 2.51. The highest BCUT2D eigenvalue weighted by atomic mass is 79.9. The minimum absolute atomic E-state index is 0.598. The Morgan fingerprint density at radius 1 is 1.50 bits per heavy atom. The van der Waals surface area contributed by atoms with Crippen LogP contribution in [0.5, 0.6) is 0 Å². The number of hydrogen-bond acceptors (Lipinski definition) is 2. The van der Waals surface area contributed by atoms with E-state index < -0.39 is 0 Å². The molecule has 0 bridgehead atoms. The van der Waals surface area contributed by atoms with Gasteiger partial charge < -0.3 is 5.32 Å². The Bertz CT molecular complexity index is 272. The molecule has 14 heavy (non-hydrogen) atoms. The number of halogens is 1. The van der Waals surface area contributed by atoms with Crippen LogP contribution in [0.25, 0.3) is 0 Å². The Labute approximate surface area is 99.0 Å². The van der Waals surface area contributed by atoms with Crippen molar-refractivity contribution in [3.05, 3.63) is 20.8 Å². The van der Waals surface area contributed by atoms with Crippen molar-refractivity contribution >= 4 is 27.3 Å². The summed E-state index contributed by atoms with van der Waals surface area (Å²) in [5.41, 5.74) is 0. The Morgan fingerprint density at radius 2 is 2.21 bits per heavy atom. The predicted molar refractivity (Wildman–Crippen MR) is 68.0 cm³/mol. The molecule has 2 atom stereocenters. The van der Waals surface area contributed by atoms with Crippen molar-refractivity contribution in [3.8, 4) is 0 Å². The molecule has 1 aromatic rings. The molecular formula is C11H18BrNS. The predicted octanol–water partition coefficient (Wildman–Crippen LogP) is 3.69. The lowest BCUT2D eigenvalue weighted by atomic mass is 9.99. The first-order valence-electron chi connectivity index (χ1n) is 5.09. The SMILES string of the molecule is CCNC(C)C(C)Cc1cc(Br)cs1. The Morgan fingerprint density at radius 3 is 2.71 bits per heavy atom. The summed E-state index contributed by atoms with van der Waals surface area (Å²) in [6.45, 7) is 7.78. The van der Waals surface area contributed by atoms with Crippen LogP contribution in [0.3, 0.4) is 0 Å². The quantitative estimate of drug-likeness (QED) is 0.865. The first-order chi connectivity index (χ1) is 6.63. The van der Waals surface area contributed by atoms with E-state index in [-0.39, 0.29) is 0 Å². The van der Waals surface area contributed by atoms with Crippen molar-refractivity contribution in [3.63, 3.8) is 0 Å². The van der Waals surface area contributed by atoms with Gasteiger partial charge in [-0.05, 0) is 47.8 Å². The van der Waals surface area contributed by atoms with Crippen molar-refractivity contribution in [2.45, 2.75) is 33.2 Å². The fraction of sp³-hybridized carbons (Fsp3) is 0.636. The van der Waals surface area contributed by atoms with Crippen molar-refractivity contribution < 1.29 is 0 Å². The van der Waals surface area contributed by atoms with E-state index in [1.165, 1.54) is 15.8 Å². The van der Waals surface area contributed by atoms with Gasteiger partial charge in [0.15, 0.2) is 0 Å². The molecular weight excluding hydrogens is 258 g/mol. The second kappa shape index (κ2) is 5.89. The molecule has 0 aromatic carbocycles. The summed E-state index contributed by atoms with van der Waals surface area (Å²) >= 11 is 5.32. The summed E-state index contributed by atoms with van der Waals surface area (Å²) in [4.78, 5) is 1.47. The van der Waals surface area contributed by atoms with Crippen molar-refractivity contribution in [1.29, 1.82) is 0 Å².